The molecule has 3 aliphatic heterocycles. The summed E-state index contributed by atoms with van der Waals surface area (Å²) in [5, 5.41) is 83.1. The molecule has 3 heterocycles. The van der Waals surface area contributed by atoms with E-state index >= 15 is 9.59 Å². The van der Waals surface area contributed by atoms with Crippen LogP contribution in [0.15, 0.2) is 29.3 Å². The van der Waals surface area contributed by atoms with E-state index in [1.165, 1.54) is 43.9 Å². The summed E-state index contributed by atoms with van der Waals surface area (Å²) in [6.07, 6.45) is 5.52. The molecule has 37 nitrogen and oxygen atoms in total. The number of aliphatic imine (C=N–C) groups is 1. The number of benzene rings is 1. The zero-order valence-electron chi connectivity index (χ0n) is 59.6. The lowest BCUT2D eigenvalue weighted by atomic mass is 9.85. The van der Waals surface area contributed by atoms with Crippen LogP contribution in [0.4, 0.5) is 0 Å². The molecule has 1 aliphatic carbocycles. The smallest absolute Gasteiger partial charge is 0.326 e. The number of rotatable bonds is 43. The van der Waals surface area contributed by atoms with Crippen molar-refractivity contribution in [3.8, 4) is 5.75 Å². The minimum atomic E-state index is -1.42. The summed E-state index contributed by atoms with van der Waals surface area (Å²) in [6.45, 7) is 1.65. The van der Waals surface area contributed by atoms with Crippen molar-refractivity contribution in [1.82, 2.24) is 61.3 Å². The molecule has 1 aromatic rings. The highest BCUT2D eigenvalue weighted by Gasteiger charge is 2.45. The van der Waals surface area contributed by atoms with E-state index in [1.807, 2.05) is 0 Å². The molecule has 1 aromatic carbocycles. The summed E-state index contributed by atoms with van der Waals surface area (Å²) in [4.78, 5) is 189. The minimum absolute atomic E-state index is 0.00147. The summed E-state index contributed by atoms with van der Waals surface area (Å²) in [6, 6.07) is -4.67. The van der Waals surface area contributed by atoms with Crippen LogP contribution in [0, 0.1) is 22.7 Å². The second kappa shape index (κ2) is 41.7. The van der Waals surface area contributed by atoms with Crippen LogP contribution in [0.2, 0.25) is 0 Å². The summed E-state index contributed by atoms with van der Waals surface area (Å²) in [5.41, 5.74) is 22.5. The number of hydrogen-bond acceptors (Lipinski definition) is 20. The number of likely N-dealkylation sites (tertiary alicyclic amines) is 3. The summed E-state index contributed by atoms with van der Waals surface area (Å²) < 4.78 is 0. The molecule has 0 aromatic heterocycles. The predicted octanol–water partition coefficient (Wildman–Crippen LogP) is -3.43. The maximum Gasteiger partial charge on any atom is 0.326 e. The van der Waals surface area contributed by atoms with Gasteiger partial charge in [-0.1, -0.05) is 58.6 Å². The van der Waals surface area contributed by atoms with Crippen LogP contribution in [-0.4, -0.2) is 296 Å². The summed E-state index contributed by atoms with van der Waals surface area (Å²) in [7, 11) is 0. The van der Waals surface area contributed by atoms with Gasteiger partial charge >= 0.3 is 29.8 Å². The Bertz CT molecular complexity index is 3160. The van der Waals surface area contributed by atoms with Gasteiger partial charge in [0.25, 0.3) is 0 Å². The van der Waals surface area contributed by atoms with Crippen LogP contribution in [0.25, 0.3) is 0 Å². The molecule has 4 aliphatic rings. The highest BCUT2D eigenvalue weighted by atomic mass is 16.4. The number of piperidine rings is 1. The lowest BCUT2D eigenvalue weighted by molar-refractivity contribution is -0.144. The average molecular weight is 1470 g/mol. The molecule has 580 valence electrons. The number of carboxylic acids is 5. The van der Waals surface area contributed by atoms with E-state index in [0.717, 1.165) is 30.6 Å². The van der Waals surface area contributed by atoms with E-state index in [4.69, 9.17) is 28.3 Å². The van der Waals surface area contributed by atoms with Crippen LogP contribution >= 0.6 is 0 Å². The van der Waals surface area contributed by atoms with Gasteiger partial charge < -0.3 is 100 Å². The Hall–Kier alpha value is -9.49. The van der Waals surface area contributed by atoms with Gasteiger partial charge in [0.15, 0.2) is 11.9 Å². The van der Waals surface area contributed by atoms with Gasteiger partial charge in [-0.3, -0.25) is 82.6 Å². The number of aliphatic carboxylic acids is 5. The quantitative estimate of drug-likeness (QED) is 0.0172. The van der Waals surface area contributed by atoms with Crippen LogP contribution in [0.5, 0.6) is 5.75 Å². The second-order valence-corrected chi connectivity index (χ2v) is 28.3. The number of hydrogen-bond donors (Lipinski definition) is 17. The molecular formula is C67H108N18O19. The summed E-state index contributed by atoms with van der Waals surface area (Å²) >= 11 is 0. The first kappa shape index (κ1) is 85.2. The molecule has 37 heteroatoms. The van der Waals surface area contributed by atoms with Crippen molar-refractivity contribution in [2.75, 3.05) is 98.2 Å². The minimum Gasteiger partial charge on any atom is -0.508 e. The van der Waals surface area contributed by atoms with Gasteiger partial charge in [0.05, 0.1) is 32.7 Å². The number of amides is 8. The topological polar surface area (TPSA) is 575 Å². The molecule has 0 spiro atoms. The third-order valence-electron chi connectivity index (χ3n) is 19.1. The van der Waals surface area contributed by atoms with Gasteiger partial charge in [0.1, 0.15) is 54.1 Å². The molecule has 0 unspecified atom stereocenters. The van der Waals surface area contributed by atoms with Crippen molar-refractivity contribution in [1.29, 1.82) is 5.41 Å². The molecular weight excluding hydrogens is 1360 g/mol. The van der Waals surface area contributed by atoms with E-state index in [9.17, 15) is 83.4 Å². The van der Waals surface area contributed by atoms with E-state index < -0.39 is 169 Å². The van der Waals surface area contributed by atoms with Crippen molar-refractivity contribution >= 4 is 89.0 Å². The number of phenolic OH excluding ortho intramolecular Hbond substituents is 1. The number of aromatic hydroxyl groups is 1. The molecule has 5 rings (SSSR count). The molecule has 4 fully saturated rings. The number of nitrogens with zero attached hydrogens (tertiary/aromatic N) is 7. The number of nitrogens with one attached hydrogen (secondary N) is 7. The van der Waals surface area contributed by atoms with E-state index in [2.05, 4.69) is 36.9 Å². The van der Waals surface area contributed by atoms with Gasteiger partial charge in [-0.2, -0.15) is 0 Å². The first-order valence-electron chi connectivity index (χ1n) is 35.5. The zero-order valence-corrected chi connectivity index (χ0v) is 59.6. The van der Waals surface area contributed by atoms with Crippen molar-refractivity contribution in [2.45, 2.75) is 178 Å². The summed E-state index contributed by atoms with van der Waals surface area (Å²) in [5.74, 6) is -13.8. The van der Waals surface area contributed by atoms with E-state index in [1.54, 1.807) is 25.7 Å². The fraction of sp³-hybridized carbons (Fsp3) is 0.687. The highest BCUT2D eigenvalue weighted by molar-refractivity contribution is 5.99. The van der Waals surface area contributed by atoms with Gasteiger partial charge in [0, 0.05) is 65.3 Å². The molecule has 3 saturated heterocycles. The maximum absolute atomic E-state index is 15.2. The molecule has 0 bridgehead atoms. The first-order valence-corrected chi connectivity index (χ1v) is 35.5. The SMILES string of the molecule is CC(C)(C)[C@H](NC(=O)[C@H](Cc1ccc(O)cc1)NC(=O)[C@@H]1CCCN1C(=O)[C@H](CCCN=C(N)N)NC(=O)[C@@H](NC(=O)[C@@H]1CCCN1C(=O)[C@@H](CCCCN)NC(=O)CN(CCN(CCN(CC(=O)O)CC(=O)O)CC(=O)O)CC(=O)O)C1CCN(C(=N)N)CC1)C(=O)N[C@@H](CC1CCCC1)C(=O)O. The fourth-order valence-corrected chi connectivity index (χ4v) is 13.7. The number of carboxylic acid groups (broad SMARTS) is 5. The Morgan fingerprint density at radius 3 is 1.55 bits per heavy atom. The monoisotopic (exact) mass is 1470 g/mol. The van der Waals surface area contributed by atoms with Crippen molar-refractivity contribution in [3.63, 3.8) is 0 Å². The normalized spacial score (nSPS) is 18.2. The molecule has 21 N–H and O–H groups in total. The maximum atomic E-state index is 15.2. The van der Waals surface area contributed by atoms with Gasteiger partial charge in [-0.25, -0.2) is 4.79 Å². The molecule has 8 amide bonds. The average Bonchev–Trinajstić information content (AvgIpc) is 1.50. The van der Waals surface area contributed by atoms with Gasteiger partial charge in [-0.15, -0.1) is 0 Å². The van der Waals surface area contributed by atoms with E-state index in [0.29, 0.717) is 31.2 Å². The van der Waals surface area contributed by atoms with Crippen molar-refractivity contribution in [3.05, 3.63) is 29.8 Å². The first-order chi connectivity index (χ1) is 49.1. The Morgan fingerprint density at radius 1 is 0.558 bits per heavy atom. The van der Waals surface area contributed by atoms with Crippen LogP contribution in [0.3, 0.4) is 0 Å². The standard InChI is InChI=1S/C67H108N18O19/c1-67(2,3)56(61(100)77-47(64(103)104)34-40-11-4-5-12-40)79-57(96)46(33-41-17-19-43(86)20-18-41)76-58(97)48-15-9-25-84(48)63(102)45(14-8-24-73-65(69)70)75-60(99)55(42-21-27-83(28-22-42)66(71)72)78-59(98)49-16-10-26-85(49)62(101)44(13-6-7-23-68)74-50(87)35-81(37-52(90)91)31-29-80(36-51(88)89)30-32-82(38-53(92)93)39-54(94)95/h17-20,40,42,44-49,55-56,86H,4-16,21-39,68H2,1-3H3,(H3,71,72)(H,74,87)(H,75,99)(H,76,97)(H,77,100)(H,78,98)(H,79,96)(H,88,89)(H,90,91)(H,92,93)(H,94,95)(H,103,104)(H4,69,70,73)/t44-,45+,46+,47+,48+,49+,55+,56-/m1/s1. The number of guanidine groups is 2. The Labute approximate surface area is 603 Å². The van der Waals surface area contributed by atoms with Gasteiger partial charge in [-0.05, 0) is 119 Å². The predicted molar refractivity (Wildman–Crippen MR) is 375 cm³/mol. The number of carbonyl (C=O) groups excluding carboxylic acids is 8. The highest BCUT2D eigenvalue weighted by Crippen LogP contribution is 2.30. The zero-order chi connectivity index (χ0) is 77.0. The van der Waals surface area contributed by atoms with Gasteiger partial charge in [0.2, 0.25) is 47.3 Å². The largest absolute Gasteiger partial charge is 0.508 e. The number of nitrogens with two attached hydrogens (primary N) is 4. The van der Waals surface area contributed by atoms with Crippen LogP contribution < -0.4 is 54.8 Å². The Kier molecular flexibility index (Phi) is 34.2. The molecule has 8 atom stereocenters. The van der Waals surface area contributed by atoms with Crippen LogP contribution in [-0.2, 0) is 68.7 Å². The van der Waals surface area contributed by atoms with Crippen molar-refractivity contribution < 1.29 is 93.0 Å². The second-order valence-electron chi connectivity index (χ2n) is 28.3. The Morgan fingerprint density at radius 2 is 1.05 bits per heavy atom. The number of carbonyl (C=O) groups is 13. The third kappa shape index (κ3) is 28.3. The van der Waals surface area contributed by atoms with Crippen molar-refractivity contribution in [2.24, 2.45) is 45.2 Å². The lowest BCUT2D eigenvalue weighted by Crippen LogP contribution is -2.62. The van der Waals surface area contributed by atoms with Crippen LogP contribution in [0.1, 0.15) is 129 Å². The third-order valence-corrected chi connectivity index (χ3v) is 19.1. The lowest BCUT2D eigenvalue weighted by Gasteiger charge is -2.37. The van der Waals surface area contributed by atoms with E-state index in [-0.39, 0.29) is 147 Å². The molecule has 0 radical (unpaired) electrons. The number of phenols is 1. The molecule has 104 heavy (non-hydrogen) atoms. The Balaban J connectivity index is 1.39. The fourth-order valence-electron chi connectivity index (χ4n) is 13.7. The number of unbranched alkanes of at least 4 members (excludes halogenated alkanes) is 1. The molecule has 1 saturated carbocycles.